The largest absolute Gasteiger partial charge is 0.511 e. The third kappa shape index (κ3) is 3.92. The maximum Gasteiger partial charge on any atom is 0.345 e. The minimum Gasteiger partial charge on any atom is -0.511 e. The lowest BCUT2D eigenvalue weighted by Gasteiger charge is -2.10. The summed E-state index contributed by atoms with van der Waals surface area (Å²) < 4.78 is 0. The van der Waals surface area contributed by atoms with Gasteiger partial charge in [-0.3, -0.25) is 14.7 Å². The zero-order valence-electron chi connectivity index (χ0n) is 14.8. The van der Waals surface area contributed by atoms with Gasteiger partial charge < -0.3 is 20.8 Å². The Morgan fingerprint density at radius 1 is 1.21 bits per heavy atom. The monoisotopic (exact) mass is 411 g/mol. The highest BCUT2D eigenvalue weighted by Crippen LogP contribution is 2.29. The van der Waals surface area contributed by atoms with Gasteiger partial charge in [0.25, 0.3) is 11.8 Å². The molecule has 1 aromatic carbocycles. The number of carboxylic acid groups (broad SMARTS) is 1. The molecule has 146 valence electrons. The molecule has 0 bridgehead atoms. The number of hydrogen-bond acceptors (Lipinski definition) is 7. The summed E-state index contributed by atoms with van der Waals surface area (Å²) in [5, 5.41) is 39.5. The van der Waals surface area contributed by atoms with Crippen LogP contribution in [0.2, 0.25) is 0 Å². The molecule has 0 spiro atoms. The highest BCUT2D eigenvalue weighted by Gasteiger charge is 2.20. The van der Waals surface area contributed by atoms with Gasteiger partial charge in [-0.2, -0.15) is 10.4 Å². The number of rotatable bonds is 5. The number of allylic oxidation sites excluding steroid dienone is 1. The van der Waals surface area contributed by atoms with Gasteiger partial charge in [0.2, 0.25) is 0 Å². The number of nitrogens with zero attached hydrogens (tertiary/aromatic N) is 2. The number of hydrogen-bond donors (Lipinski definition) is 5. The van der Waals surface area contributed by atoms with Crippen LogP contribution in [0.4, 0.5) is 11.5 Å². The van der Waals surface area contributed by atoms with Gasteiger partial charge in [0.1, 0.15) is 21.5 Å². The minimum atomic E-state index is -1.09. The van der Waals surface area contributed by atoms with Crippen LogP contribution in [-0.2, 0) is 4.79 Å². The topological polar surface area (TPSA) is 168 Å². The first-order valence-corrected chi connectivity index (χ1v) is 8.86. The highest BCUT2D eigenvalue weighted by molar-refractivity contribution is 7.20. The second-order valence-electron chi connectivity index (χ2n) is 5.76. The van der Waals surface area contributed by atoms with Crippen molar-refractivity contribution in [3.63, 3.8) is 0 Å². The molecule has 11 heteroatoms. The fourth-order valence-corrected chi connectivity index (χ4v) is 3.30. The lowest BCUT2D eigenvalue weighted by molar-refractivity contribution is -0.112. The number of H-pyrrole nitrogens is 1. The molecule has 2 amide bonds. The molecule has 0 atom stereocenters. The number of carbonyl (C=O) groups excluding carboxylic acids is 2. The molecule has 29 heavy (non-hydrogen) atoms. The number of fused-ring (bicyclic) bond motifs is 1. The summed E-state index contributed by atoms with van der Waals surface area (Å²) in [6.07, 6.45) is 0. The molecule has 0 unspecified atom stereocenters. The summed E-state index contributed by atoms with van der Waals surface area (Å²) in [4.78, 5) is 36.6. The second-order valence-corrected chi connectivity index (χ2v) is 6.81. The van der Waals surface area contributed by atoms with Gasteiger partial charge in [0, 0.05) is 0 Å². The first kappa shape index (κ1) is 19.6. The summed E-state index contributed by atoms with van der Waals surface area (Å²) in [6.45, 7) is 1.20. The molecule has 10 nitrogen and oxygen atoms in total. The van der Waals surface area contributed by atoms with Crippen LogP contribution in [0.15, 0.2) is 41.7 Å². The predicted molar refractivity (Wildman–Crippen MR) is 105 cm³/mol. The number of para-hydroxylation sites is 1. The van der Waals surface area contributed by atoms with E-state index in [0.717, 1.165) is 11.3 Å². The first-order chi connectivity index (χ1) is 13.8. The number of amides is 2. The predicted octanol–water partition coefficient (Wildman–Crippen LogP) is 2.87. The van der Waals surface area contributed by atoms with Crippen molar-refractivity contribution >= 4 is 50.8 Å². The van der Waals surface area contributed by atoms with E-state index in [0.29, 0.717) is 10.2 Å². The van der Waals surface area contributed by atoms with Crippen LogP contribution in [0.5, 0.6) is 0 Å². The number of nitriles is 1. The number of benzene rings is 1. The molecule has 0 aliphatic heterocycles. The fraction of sp³-hybridized carbons (Fsp3) is 0.0556. The van der Waals surface area contributed by atoms with Crippen molar-refractivity contribution in [1.29, 1.82) is 5.26 Å². The van der Waals surface area contributed by atoms with Gasteiger partial charge in [-0.05, 0) is 25.1 Å². The molecule has 2 aromatic heterocycles. The van der Waals surface area contributed by atoms with E-state index >= 15 is 0 Å². The SMILES string of the molecule is CC(O)=C(C#N)C(=O)Nc1ccccc1C(=O)Nc1n[nH]c2sc(C(=O)O)cc12. The van der Waals surface area contributed by atoms with Crippen molar-refractivity contribution < 1.29 is 24.6 Å². The lowest BCUT2D eigenvalue weighted by Crippen LogP contribution is -2.19. The van der Waals surface area contributed by atoms with Gasteiger partial charge in [-0.15, -0.1) is 11.3 Å². The molecule has 0 saturated heterocycles. The minimum absolute atomic E-state index is 0.0820. The van der Waals surface area contributed by atoms with E-state index in [9.17, 15) is 19.5 Å². The van der Waals surface area contributed by atoms with E-state index in [1.54, 1.807) is 18.2 Å². The quantitative estimate of drug-likeness (QED) is 0.244. The Morgan fingerprint density at radius 2 is 1.93 bits per heavy atom. The summed E-state index contributed by atoms with van der Waals surface area (Å²) in [7, 11) is 0. The first-order valence-electron chi connectivity index (χ1n) is 8.04. The number of thiophene rings is 1. The van der Waals surface area contributed by atoms with Crippen LogP contribution >= 0.6 is 11.3 Å². The second kappa shape index (κ2) is 7.83. The number of aromatic nitrogens is 2. The summed E-state index contributed by atoms with van der Waals surface area (Å²) in [6, 6.07) is 9.06. The molecular weight excluding hydrogens is 398 g/mol. The number of aliphatic hydroxyl groups is 1. The molecule has 0 aliphatic carbocycles. The summed E-state index contributed by atoms with van der Waals surface area (Å²) in [5.41, 5.74) is -0.278. The normalized spacial score (nSPS) is 11.4. The molecular formula is C18H13N5O5S. The van der Waals surface area contributed by atoms with E-state index in [-0.39, 0.29) is 21.9 Å². The summed E-state index contributed by atoms with van der Waals surface area (Å²) >= 11 is 0.984. The van der Waals surface area contributed by atoms with E-state index in [1.807, 2.05) is 0 Å². The molecule has 0 radical (unpaired) electrons. The van der Waals surface area contributed by atoms with Crippen LogP contribution in [0, 0.1) is 11.3 Å². The standard InChI is InChI=1S/C18H13N5O5S/c1-8(24)11(7-19)16(26)20-12-5-3-2-4-9(12)15(25)21-14-10-6-13(18(27)28)29-17(10)23-22-14/h2-6,24H,1H3,(H,20,26)(H,27,28)(H2,21,22,23,25). The number of carbonyl (C=O) groups is 3. The average Bonchev–Trinajstić information content (AvgIpc) is 3.24. The Morgan fingerprint density at radius 3 is 2.59 bits per heavy atom. The number of aromatic carboxylic acids is 1. The summed E-state index contributed by atoms with van der Waals surface area (Å²) in [5.74, 6) is -2.87. The maximum absolute atomic E-state index is 12.7. The molecule has 0 aliphatic rings. The zero-order chi connectivity index (χ0) is 21.1. The number of aromatic amines is 1. The molecule has 5 N–H and O–H groups in total. The Kier molecular flexibility index (Phi) is 5.29. The number of nitrogens with one attached hydrogen (secondary N) is 3. The zero-order valence-corrected chi connectivity index (χ0v) is 15.6. The number of carboxylic acids is 1. The Hall–Kier alpha value is -4.17. The average molecular weight is 411 g/mol. The van der Waals surface area contributed by atoms with Gasteiger partial charge in [-0.1, -0.05) is 12.1 Å². The van der Waals surface area contributed by atoms with E-state index in [1.165, 1.54) is 25.1 Å². The van der Waals surface area contributed by atoms with Crippen LogP contribution in [0.25, 0.3) is 10.2 Å². The molecule has 0 fully saturated rings. The Balaban J connectivity index is 1.88. The van der Waals surface area contributed by atoms with Crippen LogP contribution in [-0.4, -0.2) is 38.2 Å². The molecule has 0 saturated carbocycles. The van der Waals surface area contributed by atoms with Crippen molar-refractivity contribution in [3.8, 4) is 6.07 Å². The van der Waals surface area contributed by atoms with Gasteiger partial charge >= 0.3 is 5.97 Å². The molecule has 3 aromatic rings. The lowest BCUT2D eigenvalue weighted by atomic mass is 10.1. The van der Waals surface area contributed by atoms with Crippen molar-refractivity contribution in [2.75, 3.05) is 10.6 Å². The van der Waals surface area contributed by atoms with Crippen molar-refractivity contribution in [3.05, 3.63) is 52.1 Å². The van der Waals surface area contributed by atoms with E-state index in [4.69, 9.17) is 10.4 Å². The molecule has 2 heterocycles. The van der Waals surface area contributed by atoms with Crippen LogP contribution in [0.3, 0.4) is 0 Å². The maximum atomic E-state index is 12.7. The Labute approximate surface area is 167 Å². The molecule has 3 rings (SSSR count). The van der Waals surface area contributed by atoms with E-state index in [2.05, 4.69) is 20.8 Å². The highest BCUT2D eigenvalue weighted by atomic mass is 32.1. The number of aliphatic hydroxyl groups excluding tert-OH is 1. The third-order valence-electron chi connectivity index (χ3n) is 3.82. The van der Waals surface area contributed by atoms with Gasteiger partial charge in [0.15, 0.2) is 11.4 Å². The smallest absolute Gasteiger partial charge is 0.345 e. The van der Waals surface area contributed by atoms with Gasteiger partial charge in [-0.25, -0.2) is 4.79 Å². The van der Waals surface area contributed by atoms with Gasteiger partial charge in [0.05, 0.1) is 16.6 Å². The number of anilines is 2. The van der Waals surface area contributed by atoms with Crippen molar-refractivity contribution in [2.45, 2.75) is 6.92 Å². The third-order valence-corrected chi connectivity index (χ3v) is 4.85. The van der Waals surface area contributed by atoms with E-state index < -0.39 is 29.1 Å². The van der Waals surface area contributed by atoms with Crippen molar-refractivity contribution in [1.82, 2.24) is 10.2 Å². The van der Waals surface area contributed by atoms with Crippen LogP contribution < -0.4 is 10.6 Å². The fourth-order valence-electron chi connectivity index (χ4n) is 2.46. The Bertz CT molecular complexity index is 1210. The van der Waals surface area contributed by atoms with Crippen molar-refractivity contribution in [2.24, 2.45) is 0 Å². The van der Waals surface area contributed by atoms with Crippen LogP contribution in [0.1, 0.15) is 27.0 Å².